The van der Waals surface area contributed by atoms with Gasteiger partial charge in [-0.3, -0.25) is 4.79 Å². The maximum Gasteiger partial charge on any atom is 0.150 e. The molecular weight excluding hydrogens is 176 g/mol. The predicted molar refractivity (Wildman–Crippen MR) is 46.6 cm³/mol. The Morgan fingerprint density at radius 3 is 2.25 bits per heavy atom. The van der Waals surface area contributed by atoms with Gasteiger partial charge < -0.3 is 0 Å². The SMILES string of the molecule is C=C(C=O)C1CCS(=O)(=O)CC1. The Morgan fingerprint density at radius 2 is 1.83 bits per heavy atom. The lowest BCUT2D eigenvalue weighted by Crippen LogP contribution is -2.24. The van der Waals surface area contributed by atoms with E-state index in [0.717, 1.165) is 6.29 Å². The second-order valence-electron chi connectivity index (χ2n) is 3.12. The highest BCUT2D eigenvalue weighted by Crippen LogP contribution is 2.23. The van der Waals surface area contributed by atoms with Gasteiger partial charge >= 0.3 is 0 Å². The van der Waals surface area contributed by atoms with Crippen molar-refractivity contribution in [3.8, 4) is 0 Å². The van der Waals surface area contributed by atoms with Crippen LogP contribution in [0.3, 0.4) is 0 Å². The van der Waals surface area contributed by atoms with E-state index in [9.17, 15) is 13.2 Å². The molecule has 12 heavy (non-hydrogen) atoms. The minimum absolute atomic E-state index is 0.0889. The maximum atomic E-state index is 11.0. The third-order valence-corrected chi connectivity index (χ3v) is 3.95. The third kappa shape index (κ3) is 2.17. The summed E-state index contributed by atoms with van der Waals surface area (Å²) in [5, 5.41) is 0. The summed E-state index contributed by atoms with van der Waals surface area (Å²) in [6, 6.07) is 0. The van der Waals surface area contributed by atoms with Crippen molar-refractivity contribution in [2.75, 3.05) is 11.5 Å². The molecule has 0 atom stereocenters. The number of rotatable bonds is 2. The molecule has 0 amide bonds. The second kappa shape index (κ2) is 3.39. The van der Waals surface area contributed by atoms with Gasteiger partial charge in [-0.1, -0.05) is 6.58 Å². The molecule has 3 nitrogen and oxygen atoms in total. The predicted octanol–water partition coefficient (Wildman–Crippen LogP) is 0.566. The van der Waals surface area contributed by atoms with Crippen LogP contribution in [0, 0.1) is 5.92 Å². The summed E-state index contributed by atoms with van der Waals surface area (Å²) in [6.07, 6.45) is 1.84. The molecule has 4 heteroatoms. The van der Waals surface area contributed by atoms with Crippen LogP contribution in [0.5, 0.6) is 0 Å². The molecule has 0 unspecified atom stereocenters. The molecule has 0 saturated carbocycles. The first-order chi connectivity index (χ1) is 5.55. The third-order valence-electron chi connectivity index (χ3n) is 2.23. The van der Waals surface area contributed by atoms with Crippen LogP contribution in [0.2, 0.25) is 0 Å². The van der Waals surface area contributed by atoms with Crippen LogP contribution in [0.15, 0.2) is 12.2 Å². The van der Waals surface area contributed by atoms with Crippen molar-refractivity contribution in [1.82, 2.24) is 0 Å². The molecular formula is C8H12O3S. The monoisotopic (exact) mass is 188 g/mol. The van der Waals surface area contributed by atoms with Gasteiger partial charge in [0.15, 0.2) is 0 Å². The van der Waals surface area contributed by atoms with Crippen LogP contribution in [-0.4, -0.2) is 26.2 Å². The Labute approximate surface area is 72.4 Å². The number of carbonyl (C=O) groups excluding carboxylic acids is 1. The summed E-state index contributed by atoms with van der Waals surface area (Å²) in [7, 11) is -2.81. The van der Waals surface area contributed by atoms with Crippen LogP contribution in [0.4, 0.5) is 0 Å². The van der Waals surface area contributed by atoms with E-state index in [0.29, 0.717) is 18.4 Å². The highest BCUT2D eigenvalue weighted by Gasteiger charge is 2.24. The van der Waals surface area contributed by atoms with E-state index in [2.05, 4.69) is 6.58 Å². The van der Waals surface area contributed by atoms with E-state index in [1.54, 1.807) is 0 Å². The lowest BCUT2D eigenvalue weighted by atomic mass is 9.96. The van der Waals surface area contributed by atoms with Gasteiger partial charge in [0.1, 0.15) is 16.1 Å². The van der Waals surface area contributed by atoms with Crippen LogP contribution < -0.4 is 0 Å². The van der Waals surface area contributed by atoms with E-state index in [1.165, 1.54) is 0 Å². The van der Waals surface area contributed by atoms with Gasteiger partial charge in [-0.05, 0) is 24.3 Å². The van der Waals surface area contributed by atoms with Gasteiger partial charge in [-0.2, -0.15) is 0 Å². The van der Waals surface area contributed by atoms with Crippen molar-refractivity contribution in [3.05, 3.63) is 12.2 Å². The first-order valence-electron chi connectivity index (χ1n) is 3.89. The smallest absolute Gasteiger partial charge is 0.150 e. The lowest BCUT2D eigenvalue weighted by molar-refractivity contribution is -0.105. The molecule has 1 aliphatic heterocycles. The number of hydrogen-bond acceptors (Lipinski definition) is 3. The number of hydrogen-bond donors (Lipinski definition) is 0. The molecule has 0 aromatic heterocycles. The normalized spacial score (nSPS) is 23.3. The molecule has 1 rings (SSSR count). The maximum absolute atomic E-state index is 11.0. The quantitative estimate of drug-likeness (QED) is 0.470. The highest BCUT2D eigenvalue weighted by atomic mass is 32.2. The molecule has 1 heterocycles. The minimum atomic E-state index is -2.81. The van der Waals surface area contributed by atoms with Crippen molar-refractivity contribution >= 4 is 16.1 Å². The first kappa shape index (κ1) is 9.45. The van der Waals surface area contributed by atoms with Crippen LogP contribution in [0.1, 0.15) is 12.8 Å². The molecule has 0 aromatic rings. The molecule has 1 aliphatic rings. The van der Waals surface area contributed by atoms with Crippen molar-refractivity contribution < 1.29 is 13.2 Å². The topological polar surface area (TPSA) is 51.2 Å². The molecule has 1 saturated heterocycles. The van der Waals surface area contributed by atoms with E-state index >= 15 is 0 Å². The van der Waals surface area contributed by atoms with Crippen molar-refractivity contribution in [2.45, 2.75) is 12.8 Å². The summed E-state index contributed by atoms with van der Waals surface area (Å²) >= 11 is 0. The van der Waals surface area contributed by atoms with Crippen LogP contribution >= 0.6 is 0 Å². The van der Waals surface area contributed by atoms with E-state index < -0.39 is 9.84 Å². The standard InChI is InChI=1S/C8H12O3S/c1-7(6-9)8-2-4-12(10,11)5-3-8/h6,8H,1-5H2. The first-order valence-corrected chi connectivity index (χ1v) is 5.72. The number of allylic oxidation sites excluding steroid dienone is 1. The fraction of sp³-hybridized carbons (Fsp3) is 0.625. The number of sulfone groups is 1. The Kier molecular flexibility index (Phi) is 2.67. The van der Waals surface area contributed by atoms with Gasteiger partial charge in [0, 0.05) is 0 Å². The van der Waals surface area contributed by atoms with Crippen molar-refractivity contribution in [1.29, 1.82) is 0 Å². The molecule has 0 N–H and O–H groups in total. The molecule has 0 radical (unpaired) electrons. The summed E-state index contributed by atoms with van der Waals surface area (Å²) < 4.78 is 22.0. The number of aldehydes is 1. The number of carbonyl (C=O) groups is 1. The fourth-order valence-corrected chi connectivity index (χ4v) is 2.85. The summed E-state index contributed by atoms with van der Waals surface area (Å²) in [5.41, 5.74) is 0.532. The lowest BCUT2D eigenvalue weighted by Gasteiger charge is -2.20. The van der Waals surface area contributed by atoms with E-state index in [-0.39, 0.29) is 17.4 Å². The summed E-state index contributed by atoms with van der Waals surface area (Å²) in [5.74, 6) is 0.487. The largest absolute Gasteiger partial charge is 0.298 e. The average Bonchev–Trinajstić information content (AvgIpc) is 2.03. The van der Waals surface area contributed by atoms with Gasteiger partial charge in [0.2, 0.25) is 0 Å². The van der Waals surface area contributed by atoms with Gasteiger partial charge in [0.05, 0.1) is 11.5 Å². The Bertz CT molecular complexity index is 275. The van der Waals surface area contributed by atoms with Crippen LogP contribution in [0.25, 0.3) is 0 Å². The molecule has 0 bridgehead atoms. The second-order valence-corrected chi connectivity index (χ2v) is 5.42. The molecule has 0 spiro atoms. The average molecular weight is 188 g/mol. The summed E-state index contributed by atoms with van der Waals surface area (Å²) in [4.78, 5) is 10.3. The highest BCUT2D eigenvalue weighted by molar-refractivity contribution is 7.91. The van der Waals surface area contributed by atoms with E-state index in [4.69, 9.17) is 0 Å². The molecule has 0 aliphatic carbocycles. The van der Waals surface area contributed by atoms with Crippen molar-refractivity contribution in [3.63, 3.8) is 0 Å². The van der Waals surface area contributed by atoms with Gasteiger partial charge in [0.25, 0.3) is 0 Å². The summed E-state index contributed by atoms with van der Waals surface area (Å²) in [6.45, 7) is 3.58. The minimum Gasteiger partial charge on any atom is -0.298 e. The Morgan fingerprint density at radius 1 is 1.33 bits per heavy atom. The zero-order chi connectivity index (χ0) is 9.19. The molecule has 0 aromatic carbocycles. The fourth-order valence-electron chi connectivity index (χ4n) is 1.36. The Balaban J connectivity index is 2.57. The zero-order valence-corrected chi connectivity index (χ0v) is 7.64. The van der Waals surface area contributed by atoms with Gasteiger partial charge in [-0.25, -0.2) is 8.42 Å². The molecule has 68 valence electrons. The Hall–Kier alpha value is -0.640. The molecule has 1 fully saturated rings. The van der Waals surface area contributed by atoms with E-state index in [1.807, 2.05) is 0 Å². The van der Waals surface area contributed by atoms with Crippen LogP contribution in [-0.2, 0) is 14.6 Å². The zero-order valence-electron chi connectivity index (χ0n) is 6.82. The van der Waals surface area contributed by atoms with Crippen molar-refractivity contribution in [2.24, 2.45) is 5.92 Å². The van der Waals surface area contributed by atoms with Gasteiger partial charge in [-0.15, -0.1) is 0 Å².